The molecule has 0 spiro atoms. The molecule has 0 amide bonds. The maximum absolute atomic E-state index is 12.4. The van der Waals surface area contributed by atoms with Gasteiger partial charge in [0, 0.05) is 6.61 Å². The van der Waals surface area contributed by atoms with Crippen molar-refractivity contribution in [1.29, 1.82) is 0 Å². The summed E-state index contributed by atoms with van der Waals surface area (Å²) in [4.78, 5) is 12.4. The first-order valence-electron chi connectivity index (χ1n) is 10.9. The van der Waals surface area contributed by atoms with Crippen LogP contribution in [0.5, 0.6) is 5.75 Å². The molecule has 0 bridgehead atoms. The van der Waals surface area contributed by atoms with Crippen molar-refractivity contribution in [2.75, 3.05) is 20.3 Å². The molecule has 12 heteroatoms. The third-order valence-electron chi connectivity index (χ3n) is 5.30. The number of nitrogens with one attached hydrogen (secondary N) is 1. The Balaban J connectivity index is 1.83. The molecule has 3 N–H and O–H groups in total. The monoisotopic (exact) mass is 511 g/mol. The minimum absolute atomic E-state index is 0.0136. The fourth-order valence-electron chi connectivity index (χ4n) is 3.69. The van der Waals surface area contributed by atoms with Crippen LogP contribution in [0.25, 0.3) is 0 Å². The zero-order valence-corrected chi connectivity index (χ0v) is 20.1. The molecular weight excluding hydrogens is 482 g/mol. The predicted molar refractivity (Wildman–Crippen MR) is 123 cm³/mol. The van der Waals surface area contributed by atoms with Crippen molar-refractivity contribution in [3.8, 4) is 5.75 Å². The second-order valence-corrected chi connectivity index (χ2v) is 8.88. The van der Waals surface area contributed by atoms with Gasteiger partial charge in [0.05, 0.1) is 25.3 Å². The molecule has 1 heterocycles. The van der Waals surface area contributed by atoms with Crippen LogP contribution in [0.3, 0.4) is 0 Å². The molecule has 2 aromatic rings. The summed E-state index contributed by atoms with van der Waals surface area (Å²) >= 11 is 0. The van der Waals surface area contributed by atoms with Gasteiger partial charge in [-0.15, -0.1) is 0 Å². The molecule has 0 radical (unpaired) electrons. The summed E-state index contributed by atoms with van der Waals surface area (Å²) in [6.07, 6.45) is -4.99. The first kappa shape index (κ1) is 27.0. The van der Waals surface area contributed by atoms with Crippen LogP contribution < -0.4 is 9.46 Å². The summed E-state index contributed by atoms with van der Waals surface area (Å²) in [7, 11) is -3.18. The van der Waals surface area contributed by atoms with Crippen LogP contribution in [-0.2, 0) is 35.9 Å². The van der Waals surface area contributed by atoms with Crippen LogP contribution in [0.4, 0.5) is 0 Å². The molecule has 1 fully saturated rings. The minimum Gasteiger partial charge on any atom is -0.497 e. The highest BCUT2D eigenvalue weighted by molar-refractivity contribution is 7.83. The molecule has 1 aliphatic heterocycles. The Hall–Kier alpha value is -2.58. The number of hydrogen-bond acceptors (Lipinski definition) is 9. The van der Waals surface area contributed by atoms with Gasteiger partial charge in [0.1, 0.15) is 30.7 Å². The van der Waals surface area contributed by atoms with Crippen LogP contribution in [0.15, 0.2) is 54.6 Å². The van der Waals surface area contributed by atoms with Crippen LogP contribution in [0.2, 0.25) is 0 Å². The number of hydrogen-bond donors (Lipinski definition) is 3. The van der Waals surface area contributed by atoms with Gasteiger partial charge in [0.25, 0.3) is 0 Å². The van der Waals surface area contributed by atoms with E-state index in [0.717, 1.165) is 5.56 Å². The first-order valence-corrected chi connectivity index (χ1v) is 12.3. The highest BCUT2D eigenvalue weighted by Crippen LogP contribution is 2.27. The van der Waals surface area contributed by atoms with Crippen LogP contribution in [0.1, 0.15) is 22.8 Å². The molecule has 35 heavy (non-hydrogen) atoms. The van der Waals surface area contributed by atoms with Gasteiger partial charge in [-0.05, 0) is 36.8 Å². The largest absolute Gasteiger partial charge is 0.497 e. The Kier molecular flexibility index (Phi) is 9.57. The van der Waals surface area contributed by atoms with Crippen molar-refractivity contribution in [3.05, 3.63) is 65.7 Å². The molecule has 1 aliphatic rings. The summed E-state index contributed by atoms with van der Waals surface area (Å²) < 4.78 is 62.6. The zero-order valence-electron chi connectivity index (χ0n) is 19.3. The Morgan fingerprint density at radius 1 is 1.06 bits per heavy atom. The molecule has 0 saturated carbocycles. The number of ether oxygens (including phenoxy) is 5. The SMILES string of the molecule is CCO[C@H]1[C@@H](NS(=O)(=O)O)[C@H](OCc2ccc(OC)cc2)[C@@H](COC(=O)c2ccccc2)O[C@@H]1O. The number of aliphatic hydroxyl groups excluding tert-OH is 1. The molecule has 2 aromatic carbocycles. The lowest BCUT2D eigenvalue weighted by Crippen LogP contribution is -2.66. The number of methoxy groups -OCH3 is 1. The molecule has 11 nitrogen and oxygen atoms in total. The smallest absolute Gasteiger partial charge is 0.338 e. The first-order chi connectivity index (χ1) is 16.7. The predicted octanol–water partition coefficient (Wildman–Crippen LogP) is 1.32. The molecular formula is C23H29NO10S. The van der Waals surface area contributed by atoms with Crippen LogP contribution >= 0.6 is 0 Å². The van der Waals surface area contributed by atoms with Crippen molar-refractivity contribution < 1.29 is 46.6 Å². The third kappa shape index (κ3) is 7.70. The van der Waals surface area contributed by atoms with Gasteiger partial charge in [-0.3, -0.25) is 4.55 Å². The van der Waals surface area contributed by atoms with E-state index >= 15 is 0 Å². The van der Waals surface area contributed by atoms with Gasteiger partial charge in [0.15, 0.2) is 6.29 Å². The highest BCUT2D eigenvalue weighted by Gasteiger charge is 2.48. The lowest BCUT2D eigenvalue weighted by molar-refractivity contribution is -0.277. The van der Waals surface area contributed by atoms with Gasteiger partial charge in [-0.2, -0.15) is 13.1 Å². The fourth-order valence-corrected chi connectivity index (χ4v) is 4.30. The summed E-state index contributed by atoms with van der Waals surface area (Å²) in [6.45, 7) is 1.42. The standard InChI is InChI=1S/C23H29NO10S/c1-3-31-21-19(24-35(27,28)29)20(32-13-15-9-11-17(30-2)12-10-15)18(34-23(21)26)14-33-22(25)16-7-5-4-6-8-16/h4-12,18-21,23-24,26H,3,13-14H2,1-2H3,(H,27,28,29)/t18-,19+,20-,21+,23+/m1/s1. The number of carbonyl (C=O) groups excluding carboxylic acids is 1. The van der Waals surface area contributed by atoms with E-state index in [2.05, 4.69) is 4.72 Å². The molecule has 0 aromatic heterocycles. The van der Waals surface area contributed by atoms with E-state index in [0.29, 0.717) is 11.3 Å². The molecule has 1 saturated heterocycles. The van der Waals surface area contributed by atoms with E-state index in [1.807, 2.05) is 0 Å². The lowest BCUT2D eigenvalue weighted by atomic mass is 9.96. The van der Waals surface area contributed by atoms with E-state index in [1.54, 1.807) is 61.5 Å². The molecule has 3 rings (SSSR count). The Labute approximate surface area is 203 Å². The van der Waals surface area contributed by atoms with E-state index in [1.165, 1.54) is 7.11 Å². The van der Waals surface area contributed by atoms with Gasteiger partial charge >= 0.3 is 16.3 Å². The Bertz CT molecular complexity index is 1050. The third-order valence-corrected chi connectivity index (χ3v) is 5.87. The number of aliphatic hydroxyl groups is 1. The van der Waals surface area contributed by atoms with Crippen molar-refractivity contribution >= 4 is 16.3 Å². The van der Waals surface area contributed by atoms with Gasteiger partial charge < -0.3 is 28.8 Å². The van der Waals surface area contributed by atoms with E-state index < -0.39 is 46.9 Å². The fraction of sp³-hybridized carbons (Fsp3) is 0.435. The van der Waals surface area contributed by atoms with E-state index in [4.69, 9.17) is 23.7 Å². The van der Waals surface area contributed by atoms with E-state index in [-0.39, 0.29) is 19.8 Å². The maximum Gasteiger partial charge on any atom is 0.338 e. The van der Waals surface area contributed by atoms with E-state index in [9.17, 15) is 22.9 Å². The van der Waals surface area contributed by atoms with Crippen molar-refractivity contribution in [3.63, 3.8) is 0 Å². The van der Waals surface area contributed by atoms with Crippen LogP contribution in [-0.4, -0.2) is 75.0 Å². The minimum atomic E-state index is -4.72. The summed E-state index contributed by atoms with van der Waals surface area (Å²) in [5.41, 5.74) is 1.04. The highest BCUT2D eigenvalue weighted by atomic mass is 32.2. The zero-order chi connectivity index (χ0) is 25.4. The van der Waals surface area contributed by atoms with Crippen molar-refractivity contribution in [1.82, 2.24) is 4.72 Å². The maximum atomic E-state index is 12.4. The van der Waals surface area contributed by atoms with Gasteiger partial charge in [0.2, 0.25) is 0 Å². The topological polar surface area (TPSA) is 150 Å². The second kappa shape index (κ2) is 12.4. The number of esters is 1. The molecule has 0 aliphatic carbocycles. The van der Waals surface area contributed by atoms with Crippen molar-refractivity contribution in [2.24, 2.45) is 0 Å². The summed E-state index contributed by atoms with van der Waals surface area (Å²) in [6, 6.07) is 14.0. The Morgan fingerprint density at radius 3 is 2.34 bits per heavy atom. The lowest BCUT2D eigenvalue weighted by Gasteiger charge is -2.44. The molecule has 0 unspecified atom stereocenters. The van der Waals surface area contributed by atoms with Gasteiger partial charge in [-0.25, -0.2) is 4.79 Å². The summed E-state index contributed by atoms with van der Waals surface area (Å²) in [5, 5.41) is 10.5. The number of rotatable bonds is 11. The van der Waals surface area contributed by atoms with Gasteiger partial charge in [-0.1, -0.05) is 30.3 Å². The van der Waals surface area contributed by atoms with Crippen molar-refractivity contribution in [2.45, 2.75) is 44.2 Å². The molecule has 192 valence electrons. The average molecular weight is 512 g/mol. The normalized spacial score (nSPS) is 24.6. The number of carbonyl (C=O) groups is 1. The second-order valence-electron chi connectivity index (χ2n) is 7.69. The van der Waals surface area contributed by atoms with Crippen LogP contribution in [0, 0.1) is 0 Å². The Morgan fingerprint density at radius 2 is 1.74 bits per heavy atom. The average Bonchev–Trinajstić information content (AvgIpc) is 2.84. The molecule has 5 atom stereocenters. The summed E-state index contributed by atoms with van der Waals surface area (Å²) in [5.74, 6) is 0.00900. The number of benzene rings is 2. The quantitative estimate of drug-likeness (QED) is 0.298.